The van der Waals surface area contributed by atoms with E-state index < -0.39 is 5.82 Å². The first-order valence-electron chi connectivity index (χ1n) is 6.72. The number of hydrogen-bond acceptors (Lipinski definition) is 4. The average Bonchev–Trinajstić information content (AvgIpc) is 2.48. The molecule has 0 aliphatic rings. The molecule has 1 aromatic heterocycles. The smallest absolute Gasteiger partial charge is 0.224 e. The van der Waals surface area contributed by atoms with Gasteiger partial charge in [-0.05, 0) is 31.7 Å². The molecule has 1 atom stereocenters. The van der Waals surface area contributed by atoms with Crippen molar-refractivity contribution in [1.82, 2.24) is 10.3 Å². The van der Waals surface area contributed by atoms with E-state index in [1.54, 1.807) is 12.3 Å². The lowest BCUT2D eigenvalue weighted by Gasteiger charge is -2.16. The number of aromatic nitrogens is 1. The van der Waals surface area contributed by atoms with Crippen LogP contribution in [0.4, 0.5) is 4.39 Å². The number of benzene rings is 1. The molecule has 0 saturated heterocycles. The normalized spacial score (nSPS) is 11.7. The first-order chi connectivity index (χ1) is 10.2. The molecule has 1 N–H and O–H groups in total. The Kier molecular flexibility index (Phi) is 4.85. The minimum atomic E-state index is -0.604. The summed E-state index contributed by atoms with van der Waals surface area (Å²) in [6.07, 6.45) is 1.60. The van der Waals surface area contributed by atoms with E-state index in [0.29, 0.717) is 5.88 Å². The van der Waals surface area contributed by atoms with Crippen molar-refractivity contribution in [2.45, 2.75) is 19.9 Å². The lowest BCUT2D eigenvalue weighted by atomic mass is 10.1. The zero-order valence-electron chi connectivity index (χ0n) is 11.9. The predicted molar refractivity (Wildman–Crippen MR) is 77.5 cm³/mol. The van der Waals surface area contributed by atoms with E-state index in [2.05, 4.69) is 10.3 Å². The molecule has 2 rings (SSSR count). The highest BCUT2D eigenvalue weighted by atomic mass is 19.1. The van der Waals surface area contributed by atoms with Crippen LogP contribution in [-0.2, 0) is 0 Å². The number of ether oxygens (including phenoxy) is 1. The Morgan fingerprint density at radius 1 is 1.38 bits per heavy atom. The molecule has 0 saturated carbocycles. The van der Waals surface area contributed by atoms with Gasteiger partial charge in [-0.1, -0.05) is 19.1 Å². The number of hydrogen-bond donors (Lipinski definition) is 1. The highest BCUT2D eigenvalue weighted by Gasteiger charge is 2.15. The highest BCUT2D eigenvalue weighted by Crippen LogP contribution is 2.30. The molecule has 0 amide bonds. The van der Waals surface area contributed by atoms with Gasteiger partial charge in [-0.25, -0.2) is 9.37 Å². The van der Waals surface area contributed by atoms with Gasteiger partial charge in [-0.15, -0.1) is 0 Å². The Hall–Kier alpha value is -2.45. The summed E-state index contributed by atoms with van der Waals surface area (Å²) in [4.78, 5) is 4.19. The highest BCUT2D eigenvalue weighted by molar-refractivity contribution is 5.46. The number of nitrogens with zero attached hydrogens (tertiary/aromatic N) is 2. The minimum absolute atomic E-state index is 0.0396. The van der Waals surface area contributed by atoms with E-state index in [1.807, 2.05) is 32.0 Å². The second-order valence-corrected chi connectivity index (χ2v) is 4.50. The van der Waals surface area contributed by atoms with Gasteiger partial charge >= 0.3 is 0 Å². The van der Waals surface area contributed by atoms with E-state index in [9.17, 15) is 4.39 Å². The molecule has 1 heterocycles. The van der Waals surface area contributed by atoms with Crippen LogP contribution in [0.3, 0.4) is 0 Å². The molecule has 0 aliphatic heterocycles. The summed E-state index contributed by atoms with van der Waals surface area (Å²) in [5.41, 5.74) is 0.734. The fourth-order valence-electron chi connectivity index (χ4n) is 2.04. The van der Waals surface area contributed by atoms with Crippen LogP contribution in [0.25, 0.3) is 0 Å². The van der Waals surface area contributed by atoms with Crippen LogP contribution in [-0.4, -0.2) is 11.5 Å². The summed E-state index contributed by atoms with van der Waals surface area (Å²) in [6.45, 7) is 4.80. The number of nitriles is 1. The molecule has 21 heavy (non-hydrogen) atoms. The number of nitrogens with one attached hydrogen (secondary N) is 1. The maximum absolute atomic E-state index is 13.6. The Bertz CT molecular complexity index is 667. The van der Waals surface area contributed by atoms with Crippen molar-refractivity contribution < 1.29 is 9.13 Å². The minimum Gasteiger partial charge on any atom is -0.437 e. The lowest BCUT2D eigenvalue weighted by molar-refractivity contribution is 0.438. The second-order valence-electron chi connectivity index (χ2n) is 4.50. The van der Waals surface area contributed by atoms with Crippen LogP contribution in [0, 0.1) is 17.1 Å². The average molecular weight is 285 g/mol. The van der Waals surface area contributed by atoms with Crippen molar-refractivity contribution in [3.05, 3.63) is 53.5 Å². The Morgan fingerprint density at radius 2 is 2.19 bits per heavy atom. The van der Waals surface area contributed by atoms with Gasteiger partial charge in [-0.2, -0.15) is 5.26 Å². The van der Waals surface area contributed by atoms with Crippen LogP contribution >= 0.6 is 0 Å². The Morgan fingerprint density at radius 3 is 2.90 bits per heavy atom. The summed E-state index contributed by atoms with van der Waals surface area (Å²) in [7, 11) is 0. The van der Waals surface area contributed by atoms with E-state index >= 15 is 0 Å². The molecule has 2 aromatic rings. The molecule has 0 aliphatic carbocycles. The van der Waals surface area contributed by atoms with Crippen LogP contribution < -0.4 is 10.1 Å². The third kappa shape index (κ3) is 3.36. The van der Waals surface area contributed by atoms with Crippen molar-refractivity contribution in [1.29, 1.82) is 5.26 Å². The van der Waals surface area contributed by atoms with Gasteiger partial charge in [-0.3, -0.25) is 0 Å². The van der Waals surface area contributed by atoms with E-state index in [-0.39, 0.29) is 17.4 Å². The van der Waals surface area contributed by atoms with Crippen molar-refractivity contribution >= 4 is 0 Å². The van der Waals surface area contributed by atoms with Crippen LogP contribution in [0.15, 0.2) is 36.5 Å². The van der Waals surface area contributed by atoms with Gasteiger partial charge in [0.15, 0.2) is 0 Å². The van der Waals surface area contributed by atoms with Gasteiger partial charge < -0.3 is 10.1 Å². The first-order valence-corrected chi connectivity index (χ1v) is 6.72. The number of halogens is 1. The van der Waals surface area contributed by atoms with E-state index in [4.69, 9.17) is 10.00 Å². The van der Waals surface area contributed by atoms with Gasteiger partial charge in [0.1, 0.15) is 23.2 Å². The molecule has 0 radical (unpaired) electrons. The van der Waals surface area contributed by atoms with Gasteiger partial charge in [0.05, 0.1) is 0 Å². The number of pyridine rings is 1. The molecule has 1 unspecified atom stereocenters. The van der Waals surface area contributed by atoms with Gasteiger partial charge in [0, 0.05) is 17.8 Å². The summed E-state index contributed by atoms with van der Waals surface area (Å²) in [5, 5.41) is 12.3. The third-order valence-electron chi connectivity index (χ3n) is 3.07. The molecular formula is C16H16FN3O. The largest absolute Gasteiger partial charge is 0.437 e. The SMILES string of the molecule is CCNC(C)c1cccnc1Oc1cccc(F)c1C#N. The zero-order chi connectivity index (χ0) is 15.2. The maximum Gasteiger partial charge on any atom is 0.224 e. The van der Waals surface area contributed by atoms with E-state index in [1.165, 1.54) is 12.1 Å². The second kappa shape index (κ2) is 6.82. The summed E-state index contributed by atoms with van der Waals surface area (Å²) in [6, 6.07) is 9.84. The van der Waals surface area contributed by atoms with Crippen LogP contribution in [0.1, 0.15) is 31.0 Å². The van der Waals surface area contributed by atoms with Crippen molar-refractivity contribution in [3.63, 3.8) is 0 Å². The van der Waals surface area contributed by atoms with Crippen molar-refractivity contribution in [3.8, 4) is 17.7 Å². The molecule has 0 fully saturated rings. The molecule has 108 valence electrons. The van der Waals surface area contributed by atoms with Crippen LogP contribution in [0.2, 0.25) is 0 Å². The molecule has 4 nitrogen and oxygen atoms in total. The monoisotopic (exact) mass is 285 g/mol. The van der Waals surface area contributed by atoms with Crippen LogP contribution in [0.5, 0.6) is 11.6 Å². The van der Waals surface area contributed by atoms with Gasteiger partial charge in [0.25, 0.3) is 0 Å². The third-order valence-corrected chi connectivity index (χ3v) is 3.07. The Labute approximate surface area is 123 Å². The summed E-state index contributed by atoms with van der Waals surface area (Å²) < 4.78 is 19.3. The first kappa shape index (κ1) is 14.9. The van der Waals surface area contributed by atoms with E-state index in [0.717, 1.165) is 12.1 Å². The zero-order valence-corrected chi connectivity index (χ0v) is 11.9. The molecule has 0 bridgehead atoms. The van der Waals surface area contributed by atoms with Crippen molar-refractivity contribution in [2.24, 2.45) is 0 Å². The maximum atomic E-state index is 13.6. The standard InChI is InChI=1S/C16H16FN3O/c1-3-19-11(2)12-6-5-9-20-16(12)21-15-8-4-7-14(17)13(15)10-18/h4-9,11,19H,3H2,1-2H3. The molecule has 5 heteroatoms. The predicted octanol–water partition coefficient (Wildman–Crippen LogP) is 3.56. The number of rotatable bonds is 5. The van der Waals surface area contributed by atoms with Crippen molar-refractivity contribution in [2.75, 3.05) is 6.54 Å². The lowest BCUT2D eigenvalue weighted by Crippen LogP contribution is -2.18. The molecule has 1 aromatic carbocycles. The summed E-state index contributed by atoms with van der Waals surface area (Å²) in [5.74, 6) is -0.0681. The van der Waals surface area contributed by atoms with Gasteiger partial charge in [0.2, 0.25) is 5.88 Å². The quantitative estimate of drug-likeness (QED) is 0.912. The fourth-order valence-corrected chi connectivity index (χ4v) is 2.04. The Balaban J connectivity index is 2.37. The summed E-state index contributed by atoms with van der Waals surface area (Å²) >= 11 is 0. The molecule has 0 spiro atoms. The fraction of sp³-hybridized carbons (Fsp3) is 0.250. The molecular weight excluding hydrogens is 269 g/mol. The topological polar surface area (TPSA) is 57.9 Å².